The molecule has 0 aliphatic rings. The summed E-state index contributed by atoms with van der Waals surface area (Å²) in [6, 6.07) is 9.17. The highest BCUT2D eigenvalue weighted by Crippen LogP contribution is 2.26. The molecule has 3 aromatic rings. The fraction of sp³-hybridized carbons (Fsp3) is 0.188. The zero-order valence-corrected chi connectivity index (χ0v) is 12.9. The number of halogens is 1. The summed E-state index contributed by atoms with van der Waals surface area (Å²) in [7, 11) is 0. The van der Waals surface area contributed by atoms with Gasteiger partial charge in [-0.05, 0) is 49.7 Å². The number of aromatic nitrogens is 3. The molecule has 5 nitrogen and oxygen atoms in total. The molecule has 0 saturated heterocycles. The van der Waals surface area contributed by atoms with Crippen molar-refractivity contribution in [2.24, 2.45) is 0 Å². The molecular formula is C16H14ClN3O2. The van der Waals surface area contributed by atoms with Gasteiger partial charge in [0.1, 0.15) is 5.75 Å². The molecule has 1 aromatic carbocycles. The molecule has 0 saturated carbocycles. The molecule has 0 aliphatic carbocycles. The molecule has 0 spiro atoms. The van der Waals surface area contributed by atoms with Gasteiger partial charge in [-0.1, -0.05) is 16.8 Å². The van der Waals surface area contributed by atoms with Gasteiger partial charge in [-0.3, -0.25) is 4.98 Å². The number of ether oxygens (including phenoxy) is 1. The lowest BCUT2D eigenvalue weighted by molar-refractivity contribution is 0.175. The summed E-state index contributed by atoms with van der Waals surface area (Å²) in [6.45, 7) is 3.78. The van der Waals surface area contributed by atoms with Crippen molar-refractivity contribution in [3.05, 3.63) is 59.2 Å². The Morgan fingerprint density at radius 3 is 2.86 bits per heavy atom. The van der Waals surface area contributed by atoms with E-state index >= 15 is 0 Å². The van der Waals surface area contributed by atoms with Crippen LogP contribution in [0.3, 0.4) is 0 Å². The van der Waals surface area contributed by atoms with Crippen LogP contribution in [-0.4, -0.2) is 15.1 Å². The maximum atomic E-state index is 6.00. The second-order valence-electron chi connectivity index (χ2n) is 4.87. The van der Waals surface area contributed by atoms with Crippen molar-refractivity contribution in [2.75, 3.05) is 0 Å². The molecule has 0 N–H and O–H groups in total. The van der Waals surface area contributed by atoms with Crippen molar-refractivity contribution < 1.29 is 9.26 Å². The zero-order valence-electron chi connectivity index (χ0n) is 12.2. The second-order valence-corrected chi connectivity index (χ2v) is 5.28. The SMILES string of the molecule is Cc1cc(O[C@@H](C)c2nc(-c3cccnc3)no2)ccc1Cl. The molecule has 0 amide bonds. The van der Waals surface area contributed by atoms with E-state index in [4.69, 9.17) is 20.9 Å². The number of hydrogen-bond donors (Lipinski definition) is 0. The highest BCUT2D eigenvalue weighted by molar-refractivity contribution is 6.31. The Bertz CT molecular complexity index is 774. The van der Waals surface area contributed by atoms with Crippen molar-refractivity contribution >= 4 is 11.6 Å². The lowest BCUT2D eigenvalue weighted by atomic mass is 10.2. The molecule has 0 bridgehead atoms. The number of hydrogen-bond acceptors (Lipinski definition) is 5. The van der Waals surface area contributed by atoms with Gasteiger partial charge < -0.3 is 9.26 Å². The van der Waals surface area contributed by atoms with E-state index in [0.29, 0.717) is 22.5 Å². The van der Waals surface area contributed by atoms with Crippen molar-refractivity contribution in [1.82, 2.24) is 15.1 Å². The monoisotopic (exact) mass is 315 g/mol. The highest BCUT2D eigenvalue weighted by Gasteiger charge is 2.17. The minimum atomic E-state index is -0.363. The Hall–Kier alpha value is -2.40. The van der Waals surface area contributed by atoms with E-state index in [0.717, 1.165) is 11.1 Å². The number of aryl methyl sites for hydroxylation is 1. The largest absolute Gasteiger partial charge is 0.481 e. The smallest absolute Gasteiger partial charge is 0.267 e. The molecule has 2 heterocycles. The highest BCUT2D eigenvalue weighted by atomic mass is 35.5. The fourth-order valence-electron chi connectivity index (χ4n) is 1.96. The van der Waals surface area contributed by atoms with Gasteiger partial charge in [0.15, 0.2) is 6.10 Å². The summed E-state index contributed by atoms with van der Waals surface area (Å²) < 4.78 is 11.1. The van der Waals surface area contributed by atoms with Crippen LogP contribution in [0.4, 0.5) is 0 Å². The van der Waals surface area contributed by atoms with E-state index in [1.165, 1.54) is 0 Å². The number of benzene rings is 1. The maximum Gasteiger partial charge on any atom is 0.267 e. The Morgan fingerprint density at radius 1 is 1.27 bits per heavy atom. The summed E-state index contributed by atoms with van der Waals surface area (Å²) in [6.07, 6.45) is 3.01. The Balaban J connectivity index is 1.77. The van der Waals surface area contributed by atoms with Crippen LogP contribution in [-0.2, 0) is 0 Å². The van der Waals surface area contributed by atoms with Gasteiger partial charge in [0.25, 0.3) is 5.89 Å². The van der Waals surface area contributed by atoms with E-state index in [1.807, 2.05) is 38.1 Å². The molecule has 112 valence electrons. The third-order valence-corrected chi connectivity index (χ3v) is 3.58. The second kappa shape index (κ2) is 6.15. The predicted molar refractivity (Wildman–Crippen MR) is 82.8 cm³/mol. The molecule has 0 fully saturated rings. The van der Waals surface area contributed by atoms with Crippen LogP contribution in [0.2, 0.25) is 5.02 Å². The summed E-state index contributed by atoms with van der Waals surface area (Å²) >= 11 is 6.00. The van der Waals surface area contributed by atoms with E-state index < -0.39 is 0 Å². The average molecular weight is 316 g/mol. The van der Waals surface area contributed by atoms with E-state index in [1.54, 1.807) is 18.5 Å². The number of pyridine rings is 1. The fourth-order valence-corrected chi connectivity index (χ4v) is 2.08. The predicted octanol–water partition coefficient (Wildman–Crippen LogP) is 4.23. The third-order valence-electron chi connectivity index (χ3n) is 3.15. The van der Waals surface area contributed by atoms with Crippen LogP contribution in [0.15, 0.2) is 47.2 Å². The lowest BCUT2D eigenvalue weighted by Crippen LogP contribution is -2.03. The Kier molecular flexibility index (Phi) is 4.06. The summed E-state index contributed by atoms with van der Waals surface area (Å²) in [5, 5.41) is 4.66. The van der Waals surface area contributed by atoms with Gasteiger partial charge in [0.05, 0.1) is 0 Å². The van der Waals surface area contributed by atoms with E-state index in [2.05, 4.69) is 15.1 Å². The van der Waals surface area contributed by atoms with Gasteiger partial charge in [0, 0.05) is 23.0 Å². The van der Waals surface area contributed by atoms with Crippen molar-refractivity contribution in [3.8, 4) is 17.1 Å². The standard InChI is InChI=1S/C16H14ClN3O2/c1-10-8-13(5-6-14(10)17)21-11(2)16-19-15(20-22-16)12-4-3-7-18-9-12/h3-9,11H,1-2H3/t11-/m0/s1. The van der Waals surface area contributed by atoms with Crippen LogP contribution in [0, 0.1) is 6.92 Å². The average Bonchev–Trinajstić information content (AvgIpc) is 3.02. The quantitative estimate of drug-likeness (QED) is 0.721. The Labute approximate surface area is 132 Å². The van der Waals surface area contributed by atoms with Crippen LogP contribution >= 0.6 is 11.6 Å². The molecule has 0 aliphatic heterocycles. The number of rotatable bonds is 4. The minimum Gasteiger partial charge on any atom is -0.481 e. The van der Waals surface area contributed by atoms with Crippen LogP contribution in [0.1, 0.15) is 24.5 Å². The topological polar surface area (TPSA) is 61.0 Å². The molecule has 0 radical (unpaired) electrons. The first-order chi connectivity index (χ1) is 10.6. The lowest BCUT2D eigenvalue weighted by Gasteiger charge is -2.11. The molecule has 1 atom stereocenters. The van der Waals surface area contributed by atoms with Gasteiger partial charge in [-0.25, -0.2) is 0 Å². The molecule has 2 aromatic heterocycles. The number of nitrogens with zero attached hydrogens (tertiary/aromatic N) is 3. The van der Waals surface area contributed by atoms with Crippen molar-refractivity contribution in [2.45, 2.75) is 20.0 Å². The van der Waals surface area contributed by atoms with E-state index in [-0.39, 0.29) is 6.10 Å². The normalized spacial score (nSPS) is 12.1. The maximum absolute atomic E-state index is 6.00. The van der Waals surface area contributed by atoms with Crippen molar-refractivity contribution in [3.63, 3.8) is 0 Å². The summed E-state index contributed by atoms with van der Waals surface area (Å²) in [5.74, 6) is 1.60. The first kappa shape index (κ1) is 14.5. The first-order valence-corrected chi connectivity index (χ1v) is 7.18. The van der Waals surface area contributed by atoms with Gasteiger partial charge in [0.2, 0.25) is 5.82 Å². The van der Waals surface area contributed by atoms with Crippen LogP contribution in [0.5, 0.6) is 5.75 Å². The van der Waals surface area contributed by atoms with Gasteiger partial charge in [-0.2, -0.15) is 4.98 Å². The molecule has 3 rings (SSSR count). The van der Waals surface area contributed by atoms with Gasteiger partial charge >= 0.3 is 0 Å². The zero-order chi connectivity index (χ0) is 15.5. The third kappa shape index (κ3) is 3.09. The first-order valence-electron chi connectivity index (χ1n) is 6.80. The van der Waals surface area contributed by atoms with Crippen molar-refractivity contribution in [1.29, 1.82) is 0 Å². The van der Waals surface area contributed by atoms with E-state index in [9.17, 15) is 0 Å². The van der Waals surface area contributed by atoms with Gasteiger partial charge in [-0.15, -0.1) is 0 Å². The summed E-state index contributed by atoms with van der Waals surface area (Å²) in [5.41, 5.74) is 1.75. The molecule has 6 heteroatoms. The minimum absolute atomic E-state index is 0.363. The van der Waals surface area contributed by atoms with Crippen LogP contribution < -0.4 is 4.74 Å². The molecule has 0 unspecified atom stereocenters. The van der Waals surface area contributed by atoms with Crippen LogP contribution in [0.25, 0.3) is 11.4 Å². The Morgan fingerprint density at radius 2 is 2.14 bits per heavy atom. The molecule has 22 heavy (non-hydrogen) atoms. The summed E-state index contributed by atoms with van der Waals surface area (Å²) in [4.78, 5) is 8.38. The molecular weight excluding hydrogens is 302 g/mol.